The van der Waals surface area contributed by atoms with Crippen LogP contribution in [0.4, 0.5) is 0 Å². The monoisotopic (exact) mass is 224 g/mol. The van der Waals surface area contributed by atoms with Gasteiger partial charge in [-0.25, -0.2) is 0 Å². The smallest absolute Gasteiger partial charge is 0.273 e. The molecule has 5 heteroatoms. The molecule has 0 radical (unpaired) electrons. The number of benzene rings is 1. The molecule has 4 nitrogen and oxygen atoms in total. The van der Waals surface area contributed by atoms with E-state index in [4.69, 9.17) is 21.6 Å². The summed E-state index contributed by atoms with van der Waals surface area (Å²) in [7, 11) is 0. The highest BCUT2D eigenvalue weighted by atomic mass is 35.5. The number of hydrogen-bond donors (Lipinski definition) is 1. The van der Waals surface area contributed by atoms with Crippen LogP contribution in [0.15, 0.2) is 24.3 Å². The quantitative estimate of drug-likeness (QED) is 0.628. The summed E-state index contributed by atoms with van der Waals surface area (Å²) < 4.78 is 5.26. The average Bonchev–Trinajstić information content (AvgIpc) is 2.18. The van der Waals surface area contributed by atoms with E-state index in [1.165, 1.54) is 6.19 Å². The van der Waals surface area contributed by atoms with Gasteiger partial charge in [0.1, 0.15) is 5.75 Å². The topological polar surface area (TPSA) is 62.1 Å². The van der Waals surface area contributed by atoms with Crippen LogP contribution in [0, 0.1) is 11.5 Å². The van der Waals surface area contributed by atoms with E-state index in [1.54, 1.807) is 31.2 Å². The average molecular weight is 225 g/mol. The molecule has 78 valence electrons. The lowest BCUT2D eigenvalue weighted by molar-refractivity contribution is -0.126. The molecule has 1 aromatic rings. The number of amides is 1. The molecule has 0 bridgehead atoms. The highest BCUT2D eigenvalue weighted by Crippen LogP contribution is 2.18. The third-order valence-corrected chi connectivity index (χ3v) is 1.89. The molecule has 0 spiro atoms. The molecule has 1 rings (SSSR count). The minimum atomic E-state index is -0.733. The Morgan fingerprint density at radius 3 is 3.00 bits per heavy atom. The lowest BCUT2D eigenvalue weighted by atomic mass is 10.3. The van der Waals surface area contributed by atoms with Crippen molar-refractivity contribution in [1.82, 2.24) is 5.32 Å². The minimum Gasteiger partial charge on any atom is -0.481 e. The zero-order valence-corrected chi connectivity index (χ0v) is 8.78. The molecule has 1 unspecified atom stereocenters. The normalized spacial score (nSPS) is 11.3. The van der Waals surface area contributed by atoms with Gasteiger partial charge in [-0.1, -0.05) is 17.7 Å². The van der Waals surface area contributed by atoms with Gasteiger partial charge in [0.25, 0.3) is 5.91 Å². The zero-order chi connectivity index (χ0) is 11.3. The van der Waals surface area contributed by atoms with Crippen LogP contribution in [0.25, 0.3) is 0 Å². The van der Waals surface area contributed by atoms with Crippen molar-refractivity contribution in [2.75, 3.05) is 0 Å². The number of rotatable bonds is 3. The van der Waals surface area contributed by atoms with Crippen molar-refractivity contribution >= 4 is 17.5 Å². The van der Waals surface area contributed by atoms with Crippen molar-refractivity contribution < 1.29 is 9.53 Å². The van der Waals surface area contributed by atoms with Crippen molar-refractivity contribution in [1.29, 1.82) is 5.26 Å². The minimum absolute atomic E-state index is 0.488. The maximum absolute atomic E-state index is 11.1. The van der Waals surface area contributed by atoms with Gasteiger partial charge in [0.2, 0.25) is 0 Å². The molecule has 1 atom stereocenters. The molecular weight excluding hydrogens is 216 g/mol. The first-order chi connectivity index (χ1) is 7.13. The van der Waals surface area contributed by atoms with Gasteiger partial charge in [-0.2, -0.15) is 5.26 Å². The van der Waals surface area contributed by atoms with Crippen molar-refractivity contribution in [3.63, 3.8) is 0 Å². The Bertz CT molecular complexity index is 401. The Labute approximate surface area is 92.4 Å². The van der Waals surface area contributed by atoms with Crippen LogP contribution in [-0.4, -0.2) is 12.0 Å². The Morgan fingerprint density at radius 2 is 2.40 bits per heavy atom. The molecule has 0 heterocycles. The van der Waals surface area contributed by atoms with Crippen molar-refractivity contribution in [2.45, 2.75) is 13.0 Å². The summed E-state index contributed by atoms with van der Waals surface area (Å²) in [4.78, 5) is 11.1. The fraction of sp³-hybridized carbons (Fsp3) is 0.200. The number of carbonyl (C=O) groups excluding carboxylic acids is 1. The largest absolute Gasteiger partial charge is 0.481 e. The summed E-state index contributed by atoms with van der Waals surface area (Å²) >= 11 is 5.74. The van der Waals surface area contributed by atoms with E-state index >= 15 is 0 Å². The Balaban J connectivity index is 2.63. The maximum atomic E-state index is 11.1. The molecule has 0 aliphatic heterocycles. The number of nitrogens with zero attached hydrogens (tertiary/aromatic N) is 1. The molecule has 0 aliphatic carbocycles. The molecule has 0 aromatic heterocycles. The number of carbonyl (C=O) groups is 1. The molecule has 0 saturated carbocycles. The number of hydrogen-bond acceptors (Lipinski definition) is 3. The van der Waals surface area contributed by atoms with E-state index in [0.717, 1.165) is 0 Å². The van der Waals surface area contributed by atoms with Crippen LogP contribution in [0.2, 0.25) is 5.02 Å². The van der Waals surface area contributed by atoms with Gasteiger partial charge in [-0.05, 0) is 25.1 Å². The number of halogens is 1. The van der Waals surface area contributed by atoms with E-state index in [9.17, 15) is 4.79 Å². The molecular formula is C10H9ClN2O2. The lowest BCUT2D eigenvalue weighted by Crippen LogP contribution is -2.33. The molecule has 1 N–H and O–H groups in total. The van der Waals surface area contributed by atoms with Gasteiger partial charge >= 0.3 is 0 Å². The number of nitriles is 1. The predicted octanol–water partition coefficient (Wildman–Crippen LogP) is 1.70. The first-order valence-electron chi connectivity index (χ1n) is 4.24. The number of ether oxygens (including phenoxy) is 1. The summed E-state index contributed by atoms with van der Waals surface area (Å²) in [6.07, 6.45) is 0.807. The van der Waals surface area contributed by atoms with Gasteiger partial charge in [0.05, 0.1) is 0 Å². The third-order valence-electron chi connectivity index (χ3n) is 1.66. The summed E-state index contributed by atoms with van der Waals surface area (Å²) in [6.45, 7) is 1.55. The van der Waals surface area contributed by atoms with E-state index < -0.39 is 12.0 Å². The van der Waals surface area contributed by atoms with Crippen LogP contribution in [0.3, 0.4) is 0 Å². The van der Waals surface area contributed by atoms with Gasteiger partial charge < -0.3 is 4.74 Å². The second kappa shape index (κ2) is 5.23. The van der Waals surface area contributed by atoms with Crippen LogP contribution in [0.1, 0.15) is 6.92 Å². The highest BCUT2D eigenvalue weighted by molar-refractivity contribution is 6.30. The Morgan fingerprint density at radius 1 is 1.67 bits per heavy atom. The first-order valence-corrected chi connectivity index (χ1v) is 4.62. The second-order valence-electron chi connectivity index (χ2n) is 2.82. The van der Waals surface area contributed by atoms with Gasteiger partial charge in [-0.3, -0.25) is 10.1 Å². The summed E-state index contributed by atoms with van der Waals surface area (Å²) in [5.41, 5.74) is 0. The fourth-order valence-corrected chi connectivity index (χ4v) is 1.13. The van der Waals surface area contributed by atoms with E-state index in [-0.39, 0.29) is 0 Å². The Kier molecular flexibility index (Phi) is 3.95. The standard InChI is InChI=1S/C10H9ClN2O2/c1-7(10(14)13-6-12)15-9-4-2-3-8(11)5-9/h2-5,7H,1H3,(H,13,14). The maximum Gasteiger partial charge on any atom is 0.273 e. The van der Waals surface area contributed by atoms with E-state index in [1.807, 2.05) is 5.32 Å². The molecule has 0 aliphatic rings. The first kappa shape index (κ1) is 11.3. The molecule has 1 aromatic carbocycles. The summed E-state index contributed by atoms with van der Waals surface area (Å²) in [6, 6.07) is 6.70. The van der Waals surface area contributed by atoms with Gasteiger partial charge in [0, 0.05) is 5.02 Å². The summed E-state index contributed by atoms with van der Waals surface area (Å²) in [5.74, 6) is 0.000523. The van der Waals surface area contributed by atoms with E-state index in [0.29, 0.717) is 10.8 Å². The van der Waals surface area contributed by atoms with Gasteiger partial charge in [0.15, 0.2) is 12.3 Å². The fourth-order valence-electron chi connectivity index (χ4n) is 0.955. The van der Waals surface area contributed by atoms with Crippen LogP contribution < -0.4 is 10.1 Å². The second-order valence-corrected chi connectivity index (χ2v) is 3.25. The third kappa shape index (κ3) is 3.49. The molecule has 15 heavy (non-hydrogen) atoms. The molecule has 0 saturated heterocycles. The predicted molar refractivity (Wildman–Crippen MR) is 55.3 cm³/mol. The van der Waals surface area contributed by atoms with Crippen LogP contribution in [-0.2, 0) is 4.79 Å². The molecule has 1 amide bonds. The SMILES string of the molecule is CC(Oc1cccc(Cl)c1)C(=O)NC#N. The van der Waals surface area contributed by atoms with Crippen LogP contribution in [0.5, 0.6) is 5.75 Å². The van der Waals surface area contributed by atoms with E-state index in [2.05, 4.69) is 0 Å². The summed E-state index contributed by atoms with van der Waals surface area (Å²) in [5, 5.41) is 10.8. The van der Waals surface area contributed by atoms with Crippen molar-refractivity contribution in [3.8, 4) is 11.9 Å². The van der Waals surface area contributed by atoms with Crippen molar-refractivity contribution in [2.24, 2.45) is 0 Å². The highest BCUT2D eigenvalue weighted by Gasteiger charge is 2.13. The van der Waals surface area contributed by atoms with Crippen molar-refractivity contribution in [3.05, 3.63) is 29.3 Å². The van der Waals surface area contributed by atoms with Gasteiger partial charge in [-0.15, -0.1) is 0 Å². The Hall–Kier alpha value is -1.73. The number of nitrogens with one attached hydrogen (secondary N) is 1. The van der Waals surface area contributed by atoms with Crippen LogP contribution >= 0.6 is 11.6 Å². The zero-order valence-electron chi connectivity index (χ0n) is 8.03. The molecule has 0 fully saturated rings. The lowest BCUT2D eigenvalue weighted by Gasteiger charge is -2.12.